The van der Waals surface area contributed by atoms with Gasteiger partial charge in [0.15, 0.2) is 0 Å². The number of halogens is 1. The third-order valence-electron chi connectivity index (χ3n) is 2.93. The number of carbonyl (C=O) groups excluding carboxylic acids is 2. The van der Waals surface area contributed by atoms with Gasteiger partial charge in [-0.3, -0.25) is 19.5 Å². The summed E-state index contributed by atoms with van der Waals surface area (Å²) < 4.78 is 31.8. The number of carbonyl (C=O) groups is 2. The van der Waals surface area contributed by atoms with E-state index in [0.29, 0.717) is 5.56 Å². The summed E-state index contributed by atoms with van der Waals surface area (Å²) in [7, 11) is -4.65. The topological polar surface area (TPSA) is 101 Å². The molecule has 2 N–H and O–H groups in total. The van der Waals surface area contributed by atoms with Crippen molar-refractivity contribution in [2.24, 2.45) is 0 Å². The Labute approximate surface area is 137 Å². The van der Waals surface area contributed by atoms with Gasteiger partial charge in [0.05, 0.1) is 12.0 Å². The molecule has 0 aliphatic heterocycles. The zero-order chi connectivity index (χ0) is 17.0. The molecule has 0 unspecified atom stereocenters. The SMILES string of the molecule is O=C(Cc1ccccc1)NC(=O)c1ccc(Cl)cc1S(=O)(=O)O. The van der Waals surface area contributed by atoms with Crippen LogP contribution in [0.2, 0.25) is 5.02 Å². The number of benzene rings is 2. The minimum absolute atomic E-state index is 0.0322. The molecule has 0 saturated heterocycles. The van der Waals surface area contributed by atoms with E-state index in [9.17, 15) is 18.0 Å². The van der Waals surface area contributed by atoms with Crippen LogP contribution in [-0.4, -0.2) is 24.8 Å². The van der Waals surface area contributed by atoms with Crippen molar-refractivity contribution in [2.75, 3.05) is 0 Å². The number of imide groups is 1. The molecule has 0 bridgehead atoms. The second kappa shape index (κ2) is 6.91. The van der Waals surface area contributed by atoms with Crippen LogP contribution in [0.5, 0.6) is 0 Å². The van der Waals surface area contributed by atoms with Crippen molar-refractivity contribution in [3.05, 3.63) is 64.7 Å². The Balaban J connectivity index is 2.20. The molecule has 2 aromatic carbocycles. The van der Waals surface area contributed by atoms with E-state index in [1.807, 2.05) is 0 Å². The van der Waals surface area contributed by atoms with Crippen molar-refractivity contribution in [2.45, 2.75) is 11.3 Å². The van der Waals surface area contributed by atoms with Crippen molar-refractivity contribution in [3.8, 4) is 0 Å². The van der Waals surface area contributed by atoms with Crippen LogP contribution in [0.1, 0.15) is 15.9 Å². The summed E-state index contributed by atoms with van der Waals surface area (Å²) in [6.07, 6.45) is -0.0403. The summed E-state index contributed by atoms with van der Waals surface area (Å²) in [5, 5.41) is 2.11. The van der Waals surface area contributed by atoms with E-state index in [2.05, 4.69) is 5.32 Å². The molecule has 6 nitrogen and oxygen atoms in total. The summed E-state index contributed by atoms with van der Waals surface area (Å²) in [4.78, 5) is 23.3. The van der Waals surface area contributed by atoms with E-state index in [-0.39, 0.29) is 17.0 Å². The van der Waals surface area contributed by atoms with Crippen molar-refractivity contribution in [1.82, 2.24) is 5.32 Å². The fourth-order valence-corrected chi connectivity index (χ4v) is 2.87. The lowest BCUT2D eigenvalue weighted by Crippen LogP contribution is -2.32. The highest BCUT2D eigenvalue weighted by Gasteiger charge is 2.22. The molecule has 0 radical (unpaired) electrons. The predicted octanol–water partition coefficient (Wildman–Crippen LogP) is 2.09. The average molecular weight is 354 g/mol. The third-order valence-corrected chi connectivity index (χ3v) is 4.06. The Bertz CT molecular complexity index is 849. The molecule has 0 spiro atoms. The van der Waals surface area contributed by atoms with Gasteiger partial charge in [-0.2, -0.15) is 8.42 Å². The van der Waals surface area contributed by atoms with Gasteiger partial charge < -0.3 is 0 Å². The van der Waals surface area contributed by atoms with Gasteiger partial charge in [-0.1, -0.05) is 41.9 Å². The lowest BCUT2D eigenvalue weighted by atomic mass is 10.1. The molecule has 0 aromatic heterocycles. The molecular weight excluding hydrogens is 342 g/mol. The Morgan fingerprint density at radius 3 is 2.35 bits per heavy atom. The Morgan fingerprint density at radius 1 is 1.09 bits per heavy atom. The van der Waals surface area contributed by atoms with E-state index < -0.39 is 26.8 Å². The van der Waals surface area contributed by atoms with Gasteiger partial charge in [-0.25, -0.2) is 0 Å². The monoisotopic (exact) mass is 353 g/mol. The smallest absolute Gasteiger partial charge is 0.292 e. The maximum Gasteiger partial charge on any atom is 0.295 e. The second-order valence-corrected chi connectivity index (χ2v) is 6.48. The van der Waals surface area contributed by atoms with Crippen molar-refractivity contribution < 1.29 is 22.6 Å². The highest BCUT2D eigenvalue weighted by atomic mass is 35.5. The van der Waals surface area contributed by atoms with Gasteiger partial charge >= 0.3 is 0 Å². The zero-order valence-electron chi connectivity index (χ0n) is 11.7. The van der Waals surface area contributed by atoms with Gasteiger partial charge in [0.25, 0.3) is 16.0 Å². The largest absolute Gasteiger partial charge is 0.295 e. The van der Waals surface area contributed by atoms with E-state index >= 15 is 0 Å². The fourth-order valence-electron chi connectivity index (χ4n) is 1.92. The Hall–Kier alpha value is -2.22. The van der Waals surface area contributed by atoms with Gasteiger partial charge in [0.1, 0.15) is 4.90 Å². The molecule has 23 heavy (non-hydrogen) atoms. The van der Waals surface area contributed by atoms with E-state index in [1.54, 1.807) is 30.3 Å². The van der Waals surface area contributed by atoms with Crippen molar-refractivity contribution in [3.63, 3.8) is 0 Å². The van der Waals surface area contributed by atoms with Crippen LogP contribution in [0, 0.1) is 0 Å². The molecule has 0 atom stereocenters. The molecule has 2 aromatic rings. The van der Waals surface area contributed by atoms with Crippen molar-refractivity contribution >= 4 is 33.5 Å². The Morgan fingerprint density at radius 2 is 1.74 bits per heavy atom. The standard InChI is InChI=1S/C15H12ClNO5S/c16-11-6-7-12(13(9-11)23(20,21)22)15(19)17-14(18)8-10-4-2-1-3-5-10/h1-7,9H,8H2,(H,17,18,19)(H,20,21,22). The van der Waals surface area contributed by atoms with E-state index in [0.717, 1.165) is 12.1 Å². The lowest BCUT2D eigenvalue weighted by molar-refractivity contribution is -0.119. The molecule has 0 aliphatic carbocycles. The first-order valence-corrected chi connectivity index (χ1v) is 8.24. The molecule has 2 amide bonds. The summed E-state index contributed by atoms with van der Waals surface area (Å²) in [5.74, 6) is -1.53. The number of rotatable bonds is 4. The van der Waals surface area contributed by atoms with Crippen LogP contribution in [0.25, 0.3) is 0 Å². The quantitative estimate of drug-likeness (QED) is 0.820. The average Bonchev–Trinajstić information content (AvgIpc) is 2.47. The summed E-state index contributed by atoms with van der Waals surface area (Å²) in [5.41, 5.74) is 0.335. The number of amides is 2. The third kappa shape index (κ3) is 4.62. The second-order valence-electron chi connectivity index (χ2n) is 4.66. The van der Waals surface area contributed by atoms with Crippen molar-refractivity contribution in [1.29, 1.82) is 0 Å². The maximum atomic E-state index is 12.1. The minimum Gasteiger partial charge on any atom is -0.292 e. The molecular formula is C15H12ClNO5S. The van der Waals surface area contributed by atoms with Crippen LogP contribution in [0.4, 0.5) is 0 Å². The normalized spacial score (nSPS) is 11.0. The molecule has 0 aliphatic rings. The first kappa shape index (κ1) is 17.1. The van der Waals surface area contributed by atoms with Crippen LogP contribution in [-0.2, 0) is 21.3 Å². The van der Waals surface area contributed by atoms with Crippen LogP contribution in [0.3, 0.4) is 0 Å². The number of nitrogens with one attached hydrogen (secondary N) is 1. The van der Waals surface area contributed by atoms with Gasteiger partial charge in [0, 0.05) is 5.02 Å². The van der Waals surface area contributed by atoms with Gasteiger partial charge in [-0.15, -0.1) is 0 Å². The highest BCUT2D eigenvalue weighted by molar-refractivity contribution is 7.86. The zero-order valence-corrected chi connectivity index (χ0v) is 13.3. The first-order valence-electron chi connectivity index (χ1n) is 6.42. The molecule has 0 heterocycles. The maximum absolute atomic E-state index is 12.1. The van der Waals surface area contributed by atoms with E-state index in [4.69, 9.17) is 16.2 Å². The first-order chi connectivity index (χ1) is 10.8. The van der Waals surface area contributed by atoms with E-state index in [1.165, 1.54) is 6.07 Å². The number of hydrogen-bond donors (Lipinski definition) is 2. The number of hydrogen-bond acceptors (Lipinski definition) is 4. The molecule has 120 valence electrons. The fraction of sp³-hybridized carbons (Fsp3) is 0.0667. The lowest BCUT2D eigenvalue weighted by Gasteiger charge is -2.08. The van der Waals surface area contributed by atoms with Crippen LogP contribution >= 0.6 is 11.6 Å². The van der Waals surface area contributed by atoms with Crippen LogP contribution < -0.4 is 5.32 Å². The molecule has 0 fully saturated rings. The van der Waals surface area contributed by atoms with Gasteiger partial charge in [-0.05, 0) is 23.8 Å². The minimum atomic E-state index is -4.65. The summed E-state index contributed by atoms with van der Waals surface area (Å²) in [6.45, 7) is 0. The van der Waals surface area contributed by atoms with Crippen LogP contribution in [0.15, 0.2) is 53.4 Å². The summed E-state index contributed by atoms with van der Waals surface area (Å²) >= 11 is 5.67. The summed E-state index contributed by atoms with van der Waals surface area (Å²) in [6, 6.07) is 12.1. The Kier molecular flexibility index (Phi) is 5.15. The molecule has 2 rings (SSSR count). The molecule has 0 saturated carbocycles. The highest BCUT2D eigenvalue weighted by Crippen LogP contribution is 2.20. The predicted molar refractivity (Wildman–Crippen MR) is 83.9 cm³/mol. The van der Waals surface area contributed by atoms with Gasteiger partial charge in [0.2, 0.25) is 5.91 Å². The molecule has 8 heteroatoms.